The van der Waals surface area contributed by atoms with Crippen LogP contribution in [-0.4, -0.2) is 19.8 Å². The van der Waals surface area contributed by atoms with Gasteiger partial charge in [-0.2, -0.15) is 13.2 Å². The Morgan fingerprint density at radius 1 is 1.18 bits per heavy atom. The molecule has 0 saturated heterocycles. The molecule has 1 aromatic carbocycles. The van der Waals surface area contributed by atoms with Gasteiger partial charge in [0.1, 0.15) is 12.3 Å². The van der Waals surface area contributed by atoms with Crippen molar-refractivity contribution in [1.82, 2.24) is 0 Å². The van der Waals surface area contributed by atoms with Crippen molar-refractivity contribution in [3.05, 3.63) is 22.8 Å². The first kappa shape index (κ1) is 13.7. The number of halogens is 3. The minimum Gasteiger partial charge on any atom is -0.494 e. The van der Waals surface area contributed by atoms with Crippen LogP contribution in [0.1, 0.15) is 16.7 Å². The van der Waals surface area contributed by atoms with Crippen molar-refractivity contribution in [1.29, 1.82) is 0 Å². The number of methoxy groups -OCH3 is 1. The maximum Gasteiger partial charge on any atom is 0.405 e. The SMILES string of the molecule is COc1c(C)c(C)cc(C)c1NCC(F)(F)F. The fourth-order valence-electron chi connectivity index (χ4n) is 1.71. The van der Waals surface area contributed by atoms with Gasteiger partial charge in [-0.15, -0.1) is 0 Å². The Bertz CT molecular complexity index is 413. The summed E-state index contributed by atoms with van der Waals surface area (Å²) in [6, 6.07) is 1.84. The van der Waals surface area contributed by atoms with Gasteiger partial charge in [0, 0.05) is 0 Å². The fourth-order valence-corrected chi connectivity index (χ4v) is 1.71. The maximum atomic E-state index is 12.2. The largest absolute Gasteiger partial charge is 0.494 e. The molecule has 0 aliphatic carbocycles. The first-order valence-electron chi connectivity index (χ1n) is 5.21. The summed E-state index contributed by atoms with van der Waals surface area (Å²) in [5.41, 5.74) is 3.00. The fraction of sp³-hybridized carbons (Fsp3) is 0.500. The number of nitrogens with one attached hydrogen (secondary N) is 1. The second kappa shape index (κ2) is 4.85. The van der Waals surface area contributed by atoms with Crippen LogP contribution >= 0.6 is 0 Å². The van der Waals surface area contributed by atoms with E-state index in [9.17, 15) is 13.2 Å². The van der Waals surface area contributed by atoms with Gasteiger partial charge in [0.15, 0.2) is 0 Å². The van der Waals surface area contributed by atoms with Crippen molar-refractivity contribution in [3.8, 4) is 5.75 Å². The molecule has 0 unspecified atom stereocenters. The number of alkyl halides is 3. The van der Waals surface area contributed by atoms with Crippen LogP contribution in [0.25, 0.3) is 0 Å². The summed E-state index contributed by atoms with van der Waals surface area (Å²) in [6.45, 7) is 4.42. The van der Waals surface area contributed by atoms with E-state index in [1.807, 2.05) is 19.9 Å². The van der Waals surface area contributed by atoms with Gasteiger partial charge in [0.05, 0.1) is 12.8 Å². The molecule has 0 spiro atoms. The van der Waals surface area contributed by atoms with E-state index in [0.717, 1.165) is 16.7 Å². The zero-order chi connectivity index (χ0) is 13.2. The molecule has 0 fully saturated rings. The number of hydrogen-bond donors (Lipinski definition) is 1. The molecule has 0 amide bonds. The standard InChI is InChI=1S/C12H16F3NO/c1-7-5-8(2)10(11(17-4)9(7)3)16-6-12(13,14)15/h5,16H,6H2,1-4H3. The number of rotatable bonds is 3. The lowest BCUT2D eigenvalue weighted by Crippen LogP contribution is -2.22. The molecule has 0 aliphatic rings. The molecule has 0 aliphatic heterocycles. The van der Waals surface area contributed by atoms with Crippen LogP contribution < -0.4 is 10.1 Å². The van der Waals surface area contributed by atoms with Gasteiger partial charge in [0.2, 0.25) is 0 Å². The topological polar surface area (TPSA) is 21.3 Å². The lowest BCUT2D eigenvalue weighted by atomic mass is 10.0. The first-order valence-corrected chi connectivity index (χ1v) is 5.21. The molecule has 96 valence electrons. The van der Waals surface area contributed by atoms with Crippen LogP contribution in [0, 0.1) is 20.8 Å². The maximum absolute atomic E-state index is 12.2. The van der Waals surface area contributed by atoms with E-state index >= 15 is 0 Å². The van der Waals surface area contributed by atoms with Gasteiger partial charge in [-0.3, -0.25) is 0 Å². The second-order valence-electron chi connectivity index (χ2n) is 4.01. The monoisotopic (exact) mass is 247 g/mol. The quantitative estimate of drug-likeness (QED) is 0.881. The second-order valence-corrected chi connectivity index (χ2v) is 4.01. The third kappa shape index (κ3) is 3.28. The molecule has 0 aromatic heterocycles. The molecule has 1 rings (SSSR count). The highest BCUT2D eigenvalue weighted by molar-refractivity contribution is 5.66. The van der Waals surface area contributed by atoms with Gasteiger partial charge in [-0.25, -0.2) is 0 Å². The molecular weight excluding hydrogens is 231 g/mol. The third-order valence-corrected chi connectivity index (χ3v) is 2.66. The van der Waals surface area contributed by atoms with E-state index in [2.05, 4.69) is 5.32 Å². The number of ether oxygens (including phenoxy) is 1. The predicted octanol–water partition coefficient (Wildman–Crippen LogP) is 3.59. The summed E-state index contributed by atoms with van der Waals surface area (Å²) in [5.74, 6) is 0.478. The molecule has 0 heterocycles. The van der Waals surface area contributed by atoms with Crippen LogP contribution in [0.5, 0.6) is 5.75 Å². The Hall–Kier alpha value is -1.39. The van der Waals surface area contributed by atoms with E-state index in [4.69, 9.17) is 4.74 Å². The summed E-state index contributed by atoms with van der Waals surface area (Å²) >= 11 is 0. The lowest BCUT2D eigenvalue weighted by Gasteiger charge is -2.18. The van der Waals surface area contributed by atoms with Crippen molar-refractivity contribution in [2.75, 3.05) is 19.0 Å². The van der Waals surface area contributed by atoms with Crippen molar-refractivity contribution in [2.45, 2.75) is 26.9 Å². The summed E-state index contributed by atoms with van der Waals surface area (Å²) < 4.78 is 41.7. The number of anilines is 1. The van der Waals surface area contributed by atoms with Crippen LogP contribution in [-0.2, 0) is 0 Å². The Kier molecular flexibility index (Phi) is 3.91. The molecular formula is C12H16F3NO. The molecule has 0 radical (unpaired) electrons. The van der Waals surface area contributed by atoms with Gasteiger partial charge >= 0.3 is 6.18 Å². The van der Waals surface area contributed by atoms with Crippen LogP contribution in [0.2, 0.25) is 0 Å². The van der Waals surface area contributed by atoms with Crippen LogP contribution in [0.3, 0.4) is 0 Å². The van der Waals surface area contributed by atoms with E-state index in [1.54, 1.807) is 6.92 Å². The number of hydrogen-bond acceptors (Lipinski definition) is 2. The average Bonchev–Trinajstić information content (AvgIpc) is 2.20. The van der Waals surface area contributed by atoms with Gasteiger partial charge in [-0.05, 0) is 37.5 Å². The van der Waals surface area contributed by atoms with Gasteiger partial charge in [0.25, 0.3) is 0 Å². The number of aryl methyl sites for hydroxylation is 2. The molecule has 17 heavy (non-hydrogen) atoms. The lowest BCUT2D eigenvalue weighted by molar-refractivity contribution is -0.115. The summed E-state index contributed by atoms with van der Waals surface area (Å²) in [7, 11) is 1.46. The van der Waals surface area contributed by atoms with Crippen molar-refractivity contribution < 1.29 is 17.9 Å². The smallest absolute Gasteiger partial charge is 0.405 e. The highest BCUT2D eigenvalue weighted by Gasteiger charge is 2.27. The molecule has 2 nitrogen and oxygen atoms in total. The van der Waals surface area contributed by atoms with E-state index in [0.29, 0.717) is 11.4 Å². The Morgan fingerprint density at radius 2 is 1.76 bits per heavy atom. The van der Waals surface area contributed by atoms with E-state index in [-0.39, 0.29) is 0 Å². The highest BCUT2D eigenvalue weighted by atomic mass is 19.4. The Morgan fingerprint density at radius 3 is 2.24 bits per heavy atom. The first-order chi connectivity index (χ1) is 7.76. The summed E-state index contributed by atoms with van der Waals surface area (Å²) in [6.07, 6.45) is -4.24. The average molecular weight is 247 g/mol. The molecule has 0 saturated carbocycles. The molecule has 1 aromatic rings. The Labute approximate surface area is 98.8 Å². The van der Waals surface area contributed by atoms with Crippen molar-refractivity contribution >= 4 is 5.69 Å². The van der Waals surface area contributed by atoms with Gasteiger partial charge in [-0.1, -0.05) is 6.07 Å². The van der Waals surface area contributed by atoms with Crippen LogP contribution in [0.15, 0.2) is 6.07 Å². The van der Waals surface area contributed by atoms with Crippen molar-refractivity contribution in [3.63, 3.8) is 0 Å². The molecule has 0 bridgehead atoms. The Balaban J connectivity index is 3.10. The molecule has 0 atom stereocenters. The zero-order valence-electron chi connectivity index (χ0n) is 10.3. The van der Waals surface area contributed by atoms with E-state index in [1.165, 1.54) is 7.11 Å². The third-order valence-electron chi connectivity index (χ3n) is 2.66. The highest BCUT2D eigenvalue weighted by Crippen LogP contribution is 2.34. The normalized spacial score (nSPS) is 11.5. The van der Waals surface area contributed by atoms with Crippen LogP contribution in [0.4, 0.5) is 18.9 Å². The zero-order valence-corrected chi connectivity index (χ0v) is 10.3. The molecule has 1 N–H and O–H groups in total. The number of benzene rings is 1. The van der Waals surface area contributed by atoms with Crippen molar-refractivity contribution in [2.24, 2.45) is 0 Å². The summed E-state index contributed by atoms with van der Waals surface area (Å²) in [4.78, 5) is 0. The minimum absolute atomic E-state index is 0.410. The van der Waals surface area contributed by atoms with Gasteiger partial charge < -0.3 is 10.1 Å². The van der Waals surface area contributed by atoms with E-state index < -0.39 is 12.7 Å². The predicted molar refractivity (Wildman–Crippen MR) is 61.7 cm³/mol. The minimum atomic E-state index is -4.24. The summed E-state index contributed by atoms with van der Waals surface area (Å²) in [5, 5.41) is 2.39. The molecule has 5 heteroatoms.